The second-order valence-electron chi connectivity index (χ2n) is 5.81. The number of hydrogen-bond acceptors (Lipinski definition) is 5. The second-order valence-corrected chi connectivity index (χ2v) is 6.14. The van der Waals surface area contributed by atoms with E-state index in [4.69, 9.17) is 11.6 Å². The van der Waals surface area contributed by atoms with Crippen molar-refractivity contribution in [2.75, 3.05) is 11.9 Å². The molecule has 0 unspecified atom stereocenters. The summed E-state index contributed by atoms with van der Waals surface area (Å²) in [4.78, 5) is 13.1. The van der Waals surface area contributed by atoms with E-state index in [1.165, 1.54) is 0 Å². The Kier molecular flexibility index (Phi) is 4.41. The number of nitrogens with zero attached hydrogens (tertiary/aromatic N) is 4. The summed E-state index contributed by atoms with van der Waals surface area (Å²) in [7, 11) is 0. The first-order valence-electron chi connectivity index (χ1n) is 8.18. The van der Waals surface area contributed by atoms with Crippen LogP contribution < -0.4 is 5.32 Å². The number of anilines is 1. The van der Waals surface area contributed by atoms with Crippen molar-refractivity contribution in [2.24, 2.45) is 0 Å². The van der Waals surface area contributed by atoms with Crippen LogP contribution in [0.25, 0.3) is 16.9 Å². The standard InChI is InChI=1S/C19H16ClN5O/c20-19-23-17(21-11-10-13-6-8-15(26)9-7-13)16-18(24-19)25(12-22-16)14-4-2-1-3-5-14/h1-9,12,26H,10-11H2,(H,21,23,24). The normalized spacial score (nSPS) is 11.0. The molecule has 0 radical (unpaired) electrons. The number of benzene rings is 2. The summed E-state index contributed by atoms with van der Waals surface area (Å²) in [6.07, 6.45) is 2.50. The van der Waals surface area contributed by atoms with Crippen LogP contribution in [0.4, 0.5) is 5.82 Å². The molecule has 2 heterocycles. The molecular weight excluding hydrogens is 350 g/mol. The first kappa shape index (κ1) is 16.4. The summed E-state index contributed by atoms with van der Waals surface area (Å²) < 4.78 is 1.88. The van der Waals surface area contributed by atoms with Crippen LogP contribution in [-0.4, -0.2) is 31.2 Å². The SMILES string of the molecule is Oc1ccc(CCNc2nc(Cl)nc3c2ncn3-c2ccccc2)cc1. The Morgan fingerprint density at radius 1 is 1.00 bits per heavy atom. The van der Waals surface area contributed by atoms with Gasteiger partial charge in [-0.1, -0.05) is 30.3 Å². The molecule has 0 bridgehead atoms. The molecule has 0 aliphatic heterocycles. The fourth-order valence-electron chi connectivity index (χ4n) is 2.76. The Labute approximate surface area is 155 Å². The highest BCUT2D eigenvalue weighted by molar-refractivity contribution is 6.28. The van der Waals surface area contributed by atoms with Crippen molar-refractivity contribution >= 4 is 28.6 Å². The topological polar surface area (TPSA) is 75.9 Å². The van der Waals surface area contributed by atoms with E-state index < -0.39 is 0 Å². The molecule has 0 aliphatic rings. The minimum absolute atomic E-state index is 0.169. The minimum Gasteiger partial charge on any atom is -0.508 e. The molecule has 6 nitrogen and oxygen atoms in total. The molecule has 26 heavy (non-hydrogen) atoms. The molecule has 0 aliphatic carbocycles. The zero-order chi connectivity index (χ0) is 17.9. The van der Waals surface area contributed by atoms with Crippen molar-refractivity contribution in [2.45, 2.75) is 6.42 Å². The van der Waals surface area contributed by atoms with Crippen molar-refractivity contribution in [3.05, 3.63) is 71.8 Å². The van der Waals surface area contributed by atoms with E-state index in [9.17, 15) is 5.11 Å². The summed E-state index contributed by atoms with van der Waals surface area (Å²) in [5.41, 5.74) is 3.40. The molecule has 0 saturated carbocycles. The maximum atomic E-state index is 9.35. The predicted molar refractivity (Wildman–Crippen MR) is 102 cm³/mol. The molecule has 0 fully saturated rings. The fourth-order valence-corrected chi connectivity index (χ4v) is 2.93. The number of fused-ring (bicyclic) bond motifs is 1. The highest BCUT2D eigenvalue weighted by Crippen LogP contribution is 2.23. The number of rotatable bonds is 5. The van der Waals surface area contributed by atoms with E-state index in [0.29, 0.717) is 23.5 Å². The van der Waals surface area contributed by atoms with E-state index in [0.717, 1.165) is 17.7 Å². The molecule has 4 aromatic rings. The molecule has 130 valence electrons. The van der Waals surface area contributed by atoms with Gasteiger partial charge in [-0.25, -0.2) is 4.98 Å². The molecule has 0 spiro atoms. The summed E-state index contributed by atoms with van der Waals surface area (Å²) in [6, 6.07) is 17.0. The number of halogens is 1. The van der Waals surface area contributed by atoms with Gasteiger partial charge >= 0.3 is 0 Å². The summed E-state index contributed by atoms with van der Waals surface area (Å²) in [5.74, 6) is 0.867. The second kappa shape index (κ2) is 7.01. The van der Waals surface area contributed by atoms with Gasteiger partial charge in [-0.2, -0.15) is 9.97 Å². The van der Waals surface area contributed by atoms with Crippen LogP contribution in [0.15, 0.2) is 60.9 Å². The van der Waals surface area contributed by atoms with E-state index >= 15 is 0 Å². The average Bonchev–Trinajstić information content (AvgIpc) is 3.08. The lowest BCUT2D eigenvalue weighted by Crippen LogP contribution is -2.08. The van der Waals surface area contributed by atoms with Gasteiger partial charge in [0.1, 0.15) is 12.1 Å². The molecule has 2 aromatic heterocycles. The van der Waals surface area contributed by atoms with Crippen LogP contribution in [0.2, 0.25) is 5.28 Å². The lowest BCUT2D eigenvalue weighted by molar-refractivity contribution is 0.475. The summed E-state index contributed by atoms with van der Waals surface area (Å²) in [6.45, 7) is 0.658. The summed E-state index contributed by atoms with van der Waals surface area (Å²) in [5, 5.41) is 12.8. The Bertz CT molecular complexity index is 1030. The van der Waals surface area contributed by atoms with E-state index in [2.05, 4.69) is 20.3 Å². The van der Waals surface area contributed by atoms with Crippen LogP contribution in [0.1, 0.15) is 5.56 Å². The molecule has 0 saturated heterocycles. The van der Waals surface area contributed by atoms with Gasteiger partial charge in [0.2, 0.25) is 5.28 Å². The zero-order valence-electron chi connectivity index (χ0n) is 13.8. The van der Waals surface area contributed by atoms with Crippen molar-refractivity contribution in [3.63, 3.8) is 0 Å². The van der Waals surface area contributed by atoms with E-state index in [-0.39, 0.29) is 11.0 Å². The quantitative estimate of drug-likeness (QED) is 0.526. The number of hydrogen-bond donors (Lipinski definition) is 2. The predicted octanol–water partition coefficient (Wildman–Crippen LogP) is 3.83. The lowest BCUT2D eigenvalue weighted by Gasteiger charge is -2.08. The van der Waals surface area contributed by atoms with E-state index in [1.807, 2.05) is 47.0 Å². The Hall–Kier alpha value is -3.12. The first-order valence-corrected chi connectivity index (χ1v) is 8.56. The molecular formula is C19H16ClN5O. The third-order valence-electron chi connectivity index (χ3n) is 4.05. The third kappa shape index (κ3) is 3.32. The van der Waals surface area contributed by atoms with Gasteiger partial charge in [0.15, 0.2) is 17.0 Å². The van der Waals surface area contributed by atoms with Gasteiger partial charge in [-0.15, -0.1) is 0 Å². The Morgan fingerprint density at radius 3 is 2.54 bits per heavy atom. The average molecular weight is 366 g/mol. The van der Waals surface area contributed by atoms with Crippen molar-refractivity contribution in [1.82, 2.24) is 19.5 Å². The molecule has 4 rings (SSSR count). The van der Waals surface area contributed by atoms with Gasteiger partial charge in [0.05, 0.1) is 0 Å². The van der Waals surface area contributed by atoms with Gasteiger partial charge in [-0.3, -0.25) is 4.57 Å². The smallest absolute Gasteiger partial charge is 0.226 e. The van der Waals surface area contributed by atoms with Gasteiger partial charge in [-0.05, 0) is 47.9 Å². The van der Waals surface area contributed by atoms with Crippen LogP contribution in [0.5, 0.6) is 5.75 Å². The maximum absolute atomic E-state index is 9.35. The number of imidazole rings is 1. The minimum atomic E-state index is 0.169. The van der Waals surface area contributed by atoms with Crippen molar-refractivity contribution < 1.29 is 5.11 Å². The molecule has 2 aromatic carbocycles. The number of aromatic hydroxyl groups is 1. The highest BCUT2D eigenvalue weighted by atomic mass is 35.5. The van der Waals surface area contributed by atoms with Crippen molar-refractivity contribution in [1.29, 1.82) is 0 Å². The number of phenolic OH excluding ortho intramolecular Hbond substituents is 1. The zero-order valence-corrected chi connectivity index (χ0v) is 14.6. The molecule has 7 heteroatoms. The molecule has 0 amide bonds. The molecule has 2 N–H and O–H groups in total. The lowest BCUT2D eigenvalue weighted by atomic mass is 10.1. The van der Waals surface area contributed by atoms with E-state index in [1.54, 1.807) is 18.5 Å². The Morgan fingerprint density at radius 2 is 1.77 bits per heavy atom. The fraction of sp³-hybridized carbons (Fsp3) is 0.105. The number of nitrogens with one attached hydrogen (secondary N) is 1. The van der Waals surface area contributed by atoms with Crippen LogP contribution >= 0.6 is 11.6 Å². The van der Waals surface area contributed by atoms with Crippen molar-refractivity contribution in [3.8, 4) is 11.4 Å². The first-order chi connectivity index (χ1) is 12.7. The van der Waals surface area contributed by atoms with Gasteiger partial charge in [0, 0.05) is 12.2 Å². The van der Waals surface area contributed by atoms with Crippen LogP contribution in [-0.2, 0) is 6.42 Å². The monoisotopic (exact) mass is 365 g/mol. The number of para-hydroxylation sites is 1. The van der Waals surface area contributed by atoms with Crippen LogP contribution in [0.3, 0.4) is 0 Å². The van der Waals surface area contributed by atoms with Gasteiger partial charge in [0.25, 0.3) is 0 Å². The largest absolute Gasteiger partial charge is 0.508 e. The van der Waals surface area contributed by atoms with Crippen LogP contribution in [0, 0.1) is 0 Å². The third-order valence-corrected chi connectivity index (χ3v) is 4.21. The Balaban J connectivity index is 1.59. The van der Waals surface area contributed by atoms with Gasteiger partial charge < -0.3 is 10.4 Å². The summed E-state index contributed by atoms with van der Waals surface area (Å²) >= 11 is 6.12. The number of phenols is 1. The maximum Gasteiger partial charge on any atom is 0.226 e. The molecule has 0 atom stereocenters. The number of aromatic nitrogens is 4. The highest BCUT2D eigenvalue weighted by Gasteiger charge is 2.13.